The van der Waals surface area contributed by atoms with Crippen LogP contribution in [-0.4, -0.2) is 76.7 Å². The van der Waals surface area contributed by atoms with Crippen LogP contribution in [0, 0.1) is 11.3 Å². The standard InChI is InChI=1S/C27H38N6O3/c1-18(2)33-24-21(15-29-33)20(14-22(30-24)23-8-7-13-36-23)26(35)32-11-9-19(10-12-32)25(34)28-16-27(3,4)17-31(5)6/h7-8,13-15,18-19H,9-12,16-17H2,1-6H3,(H,28,34). The number of carbonyl (C=O) groups is 2. The average Bonchev–Trinajstić information content (AvgIpc) is 3.51. The van der Waals surface area contributed by atoms with Crippen molar-refractivity contribution in [3.05, 3.63) is 36.2 Å². The van der Waals surface area contributed by atoms with Crippen LogP contribution in [0.25, 0.3) is 22.5 Å². The second-order valence-corrected chi connectivity index (χ2v) is 11.1. The number of rotatable bonds is 8. The van der Waals surface area contributed by atoms with E-state index in [1.807, 2.05) is 43.6 Å². The first-order valence-corrected chi connectivity index (χ1v) is 12.7. The molecule has 9 heteroatoms. The van der Waals surface area contributed by atoms with Crippen LogP contribution in [0.3, 0.4) is 0 Å². The summed E-state index contributed by atoms with van der Waals surface area (Å²) in [6.45, 7) is 11.0. The van der Waals surface area contributed by atoms with Gasteiger partial charge >= 0.3 is 0 Å². The van der Waals surface area contributed by atoms with Crippen LogP contribution in [0.15, 0.2) is 35.1 Å². The van der Waals surface area contributed by atoms with Crippen molar-refractivity contribution in [1.29, 1.82) is 0 Å². The average molecular weight is 495 g/mol. The molecule has 0 radical (unpaired) electrons. The van der Waals surface area contributed by atoms with Gasteiger partial charge in [-0.05, 0) is 64.4 Å². The Morgan fingerprint density at radius 1 is 1.25 bits per heavy atom. The van der Waals surface area contributed by atoms with Gasteiger partial charge in [-0.15, -0.1) is 0 Å². The van der Waals surface area contributed by atoms with E-state index in [0.717, 1.165) is 11.9 Å². The van der Waals surface area contributed by atoms with E-state index in [0.29, 0.717) is 55.1 Å². The van der Waals surface area contributed by atoms with Gasteiger partial charge in [0.05, 0.1) is 23.4 Å². The van der Waals surface area contributed by atoms with Crippen molar-refractivity contribution < 1.29 is 14.0 Å². The third-order valence-corrected chi connectivity index (χ3v) is 6.70. The summed E-state index contributed by atoms with van der Waals surface area (Å²) in [6, 6.07) is 5.53. The zero-order valence-corrected chi connectivity index (χ0v) is 22.2. The molecule has 0 spiro atoms. The van der Waals surface area contributed by atoms with Crippen molar-refractivity contribution in [3.8, 4) is 11.5 Å². The van der Waals surface area contributed by atoms with Gasteiger partial charge in [-0.2, -0.15) is 5.10 Å². The van der Waals surface area contributed by atoms with Gasteiger partial charge < -0.3 is 19.5 Å². The van der Waals surface area contributed by atoms with E-state index >= 15 is 0 Å². The number of furan rings is 1. The van der Waals surface area contributed by atoms with Gasteiger partial charge in [-0.1, -0.05) is 13.8 Å². The fourth-order valence-electron chi connectivity index (χ4n) is 5.02. The van der Waals surface area contributed by atoms with Crippen LogP contribution in [0.5, 0.6) is 0 Å². The SMILES string of the molecule is CC(C)n1ncc2c(C(=O)N3CCC(C(=O)NCC(C)(C)CN(C)C)CC3)cc(-c3ccco3)nc21. The zero-order valence-electron chi connectivity index (χ0n) is 22.2. The Morgan fingerprint density at radius 2 is 1.97 bits per heavy atom. The van der Waals surface area contributed by atoms with Gasteiger partial charge in [0.1, 0.15) is 5.69 Å². The number of hydrogen-bond acceptors (Lipinski definition) is 6. The molecule has 194 valence electrons. The number of carbonyl (C=O) groups excluding carboxylic acids is 2. The van der Waals surface area contributed by atoms with Crippen LogP contribution >= 0.6 is 0 Å². The van der Waals surface area contributed by atoms with Gasteiger partial charge in [0.2, 0.25) is 5.91 Å². The summed E-state index contributed by atoms with van der Waals surface area (Å²) < 4.78 is 7.40. The molecule has 1 fully saturated rings. The van der Waals surface area contributed by atoms with Gasteiger partial charge in [-0.3, -0.25) is 9.59 Å². The molecule has 2 amide bonds. The number of hydrogen-bond donors (Lipinski definition) is 1. The number of piperidine rings is 1. The van der Waals surface area contributed by atoms with Gasteiger partial charge in [-0.25, -0.2) is 9.67 Å². The molecule has 0 bridgehead atoms. The third kappa shape index (κ3) is 5.61. The second kappa shape index (κ2) is 10.4. The van der Waals surface area contributed by atoms with Crippen molar-refractivity contribution in [2.75, 3.05) is 40.3 Å². The van der Waals surface area contributed by atoms with Crippen molar-refractivity contribution >= 4 is 22.8 Å². The molecule has 1 aliphatic heterocycles. The minimum atomic E-state index is -0.0796. The maximum Gasteiger partial charge on any atom is 0.254 e. The van der Waals surface area contributed by atoms with Crippen LogP contribution in [-0.2, 0) is 4.79 Å². The number of likely N-dealkylation sites (tertiary alicyclic amines) is 1. The van der Waals surface area contributed by atoms with E-state index < -0.39 is 0 Å². The minimum absolute atomic E-state index is 0.00528. The molecule has 3 aromatic rings. The summed E-state index contributed by atoms with van der Waals surface area (Å²) in [5.74, 6) is 0.544. The topological polar surface area (TPSA) is 96.5 Å². The fourth-order valence-corrected chi connectivity index (χ4v) is 5.02. The van der Waals surface area contributed by atoms with Crippen LogP contribution < -0.4 is 5.32 Å². The Kier molecular flexibility index (Phi) is 7.49. The minimum Gasteiger partial charge on any atom is -0.463 e. The summed E-state index contributed by atoms with van der Waals surface area (Å²) in [7, 11) is 4.08. The second-order valence-electron chi connectivity index (χ2n) is 11.1. The number of nitrogens with zero attached hydrogens (tertiary/aromatic N) is 5. The predicted molar refractivity (Wildman–Crippen MR) is 140 cm³/mol. The van der Waals surface area contributed by atoms with E-state index in [1.54, 1.807) is 24.6 Å². The Bertz CT molecular complexity index is 1200. The van der Waals surface area contributed by atoms with Crippen molar-refractivity contribution in [1.82, 2.24) is 29.9 Å². The monoisotopic (exact) mass is 494 g/mol. The number of fused-ring (bicyclic) bond motifs is 1. The number of pyridine rings is 1. The van der Waals surface area contributed by atoms with E-state index in [1.165, 1.54) is 0 Å². The summed E-state index contributed by atoms with van der Waals surface area (Å²) >= 11 is 0. The van der Waals surface area contributed by atoms with Crippen molar-refractivity contribution in [2.24, 2.45) is 11.3 Å². The lowest BCUT2D eigenvalue weighted by atomic mass is 9.91. The number of amides is 2. The van der Waals surface area contributed by atoms with Gasteiger partial charge in [0.15, 0.2) is 11.4 Å². The lowest BCUT2D eigenvalue weighted by Crippen LogP contribution is -2.46. The van der Waals surface area contributed by atoms with Crippen LogP contribution in [0.1, 0.15) is 56.9 Å². The molecule has 0 aliphatic carbocycles. The van der Waals surface area contributed by atoms with Crippen molar-refractivity contribution in [2.45, 2.75) is 46.6 Å². The van der Waals surface area contributed by atoms with E-state index in [9.17, 15) is 9.59 Å². The highest BCUT2D eigenvalue weighted by Crippen LogP contribution is 2.29. The summed E-state index contributed by atoms with van der Waals surface area (Å²) in [6.07, 6.45) is 4.61. The largest absolute Gasteiger partial charge is 0.463 e. The molecule has 3 aromatic heterocycles. The molecule has 9 nitrogen and oxygen atoms in total. The Labute approximate surface area is 212 Å². The molecule has 1 N–H and O–H groups in total. The Hall–Kier alpha value is -3.20. The highest BCUT2D eigenvalue weighted by atomic mass is 16.3. The quantitative estimate of drug-likeness (QED) is 0.511. The lowest BCUT2D eigenvalue weighted by Gasteiger charge is -2.33. The summed E-state index contributed by atoms with van der Waals surface area (Å²) in [5, 5.41) is 8.36. The van der Waals surface area contributed by atoms with Crippen LogP contribution in [0.4, 0.5) is 0 Å². The highest BCUT2D eigenvalue weighted by Gasteiger charge is 2.30. The molecule has 0 saturated carbocycles. The smallest absolute Gasteiger partial charge is 0.254 e. The maximum absolute atomic E-state index is 13.7. The summed E-state index contributed by atoms with van der Waals surface area (Å²) in [5.41, 5.74) is 1.82. The highest BCUT2D eigenvalue weighted by molar-refractivity contribution is 6.06. The predicted octanol–water partition coefficient (Wildman–Crippen LogP) is 3.83. The molecule has 4 rings (SSSR count). The van der Waals surface area contributed by atoms with E-state index in [4.69, 9.17) is 9.40 Å². The first-order valence-electron chi connectivity index (χ1n) is 12.7. The van der Waals surface area contributed by atoms with Crippen molar-refractivity contribution in [3.63, 3.8) is 0 Å². The van der Waals surface area contributed by atoms with Gasteiger partial charge in [0.25, 0.3) is 5.91 Å². The molecular weight excluding hydrogens is 456 g/mol. The summed E-state index contributed by atoms with van der Waals surface area (Å²) in [4.78, 5) is 35.2. The molecule has 1 aliphatic rings. The maximum atomic E-state index is 13.7. The van der Waals surface area contributed by atoms with Crippen LogP contribution in [0.2, 0.25) is 0 Å². The molecule has 0 unspecified atom stereocenters. The normalized spacial score (nSPS) is 15.3. The zero-order chi connectivity index (χ0) is 26.0. The first-order chi connectivity index (χ1) is 17.1. The first kappa shape index (κ1) is 25.9. The van der Waals surface area contributed by atoms with E-state index in [2.05, 4.69) is 29.2 Å². The molecule has 4 heterocycles. The third-order valence-electron chi connectivity index (χ3n) is 6.70. The Balaban J connectivity index is 1.48. The molecule has 36 heavy (non-hydrogen) atoms. The fraction of sp³-hybridized carbons (Fsp3) is 0.556. The van der Waals surface area contributed by atoms with E-state index in [-0.39, 0.29) is 29.2 Å². The molecule has 0 atom stereocenters. The molecular formula is C27H38N6O3. The molecule has 0 aromatic carbocycles. The number of nitrogens with one attached hydrogen (secondary N) is 1. The van der Waals surface area contributed by atoms with Gasteiger partial charge in [0, 0.05) is 38.1 Å². The number of aromatic nitrogens is 3. The lowest BCUT2D eigenvalue weighted by molar-refractivity contribution is -0.126. The molecule has 1 saturated heterocycles. The Morgan fingerprint density at radius 3 is 2.58 bits per heavy atom.